The maximum Gasteiger partial charge on any atom is 0.148 e. The van der Waals surface area contributed by atoms with Crippen molar-refractivity contribution in [2.75, 3.05) is 0 Å². The molecule has 1 N–H and O–H groups in total. The van der Waals surface area contributed by atoms with Gasteiger partial charge in [0.05, 0.1) is 10.7 Å². The summed E-state index contributed by atoms with van der Waals surface area (Å²) in [6, 6.07) is 7.27. The first-order valence-electron chi connectivity index (χ1n) is 5.99. The molecule has 94 valence electrons. The first-order chi connectivity index (χ1) is 8.74. The Labute approximate surface area is 113 Å². The molecule has 2 aromatic rings. The standard InChI is InChI=1S/C14H13BrFNO/c15-13-5-6-18-14(13)12-7-10(16)2-1-9(12)8-17-11-3-4-11/h1-2,5-7,11,17H,3-4,8H2. The van der Waals surface area contributed by atoms with Gasteiger partial charge in [0.25, 0.3) is 0 Å². The lowest BCUT2D eigenvalue weighted by molar-refractivity contribution is 0.576. The Morgan fingerprint density at radius 1 is 1.33 bits per heavy atom. The van der Waals surface area contributed by atoms with Gasteiger partial charge in [-0.2, -0.15) is 0 Å². The number of halogens is 2. The van der Waals surface area contributed by atoms with Crippen LogP contribution in [0.15, 0.2) is 39.4 Å². The fraction of sp³-hybridized carbons (Fsp3) is 0.286. The van der Waals surface area contributed by atoms with Crippen LogP contribution < -0.4 is 5.32 Å². The van der Waals surface area contributed by atoms with Crippen LogP contribution in [0.4, 0.5) is 4.39 Å². The summed E-state index contributed by atoms with van der Waals surface area (Å²) in [5, 5.41) is 3.43. The Morgan fingerprint density at radius 3 is 2.83 bits per heavy atom. The normalized spacial score (nSPS) is 15.0. The second-order valence-electron chi connectivity index (χ2n) is 4.55. The molecule has 4 heteroatoms. The quantitative estimate of drug-likeness (QED) is 0.920. The molecule has 3 rings (SSSR count). The molecule has 0 saturated heterocycles. The highest BCUT2D eigenvalue weighted by Gasteiger charge is 2.21. The van der Waals surface area contributed by atoms with Crippen molar-refractivity contribution in [2.24, 2.45) is 0 Å². The summed E-state index contributed by atoms with van der Waals surface area (Å²) in [4.78, 5) is 0. The molecule has 1 aliphatic rings. The lowest BCUT2D eigenvalue weighted by atomic mass is 10.0. The molecule has 0 atom stereocenters. The van der Waals surface area contributed by atoms with Gasteiger partial charge in [-0.05, 0) is 52.5 Å². The van der Waals surface area contributed by atoms with E-state index in [2.05, 4.69) is 21.2 Å². The molecule has 0 spiro atoms. The van der Waals surface area contributed by atoms with Gasteiger partial charge in [-0.25, -0.2) is 4.39 Å². The molecular formula is C14H13BrFNO. The van der Waals surface area contributed by atoms with E-state index in [9.17, 15) is 4.39 Å². The first kappa shape index (κ1) is 11.9. The summed E-state index contributed by atoms with van der Waals surface area (Å²) in [6.07, 6.45) is 4.07. The molecular weight excluding hydrogens is 297 g/mol. The molecule has 1 aromatic heterocycles. The molecule has 2 nitrogen and oxygen atoms in total. The highest BCUT2D eigenvalue weighted by Crippen LogP contribution is 2.32. The maximum atomic E-state index is 13.4. The first-order valence-corrected chi connectivity index (χ1v) is 6.78. The van der Waals surface area contributed by atoms with Crippen LogP contribution in [-0.2, 0) is 6.54 Å². The van der Waals surface area contributed by atoms with E-state index in [0.29, 0.717) is 11.8 Å². The SMILES string of the molecule is Fc1ccc(CNC2CC2)c(-c2occc2Br)c1. The van der Waals surface area contributed by atoms with Gasteiger partial charge in [-0.1, -0.05) is 6.07 Å². The minimum atomic E-state index is -0.247. The van der Waals surface area contributed by atoms with E-state index in [4.69, 9.17) is 4.42 Å². The van der Waals surface area contributed by atoms with Crippen LogP contribution in [-0.4, -0.2) is 6.04 Å². The third-order valence-electron chi connectivity index (χ3n) is 3.09. The van der Waals surface area contributed by atoms with Crippen molar-refractivity contribution < 1.29 is 8.81 Å². The minimum Gasteiger partial charge on any atom is -0.463 e. The third-order valence-corrected chi connectivity index (χ3v) is 3.72. The van der Waals surface area contributed by atoms with Gasteiger partial charge in [0.15, 0.2) is 0 Å². The molecule has 1 aliphatic carbocycles. The topological polar surface area (TPSA) is 25.2 Å². The number of rotatable bonds is 4. The van der Waals surface area contributed by atoms with Crippen LogP contribution in [0.25, 0.3) is 11.3 Å². The Balaban J connectivity index is 1.94. The Morgan fingerprint density at radius 2 is 2.17 bits per heavy atom. The van der Waals surface area contributed by atoms with Crippen LogP contribution in [0.5, 0.6) is 0 Å². The molecule has 0 amide bonds. The van der Waals surface area contributed by atoms with Crippen molar-refractivity contribution in [3.8, 4) is 11.3 Å². The smallest absolute Gasteiger partial charge is 0.148 e. The number of hydrogen-bond acceptors (Lipinski definition) is 2. The van der Waals surface area contributed by atoms with Gasteiger partial charge < -0.3 is 9.73 Å². The van der Waals surface area contributed by atoms with Gasteiger partial charge in [-0.15, -0.1) is 0 Å². The fourth-order valence-electron chi connectivity index (χ4n) is 1.94. The van der Waals surface area contributed by atoms with Gasteiger partial charge >= 0.3 is 0 Å². The molecule has 1 saturated carbocycles. The van der Waals surface area contributed by atoms with E-state index in [1.807, 2.05) is 12.1 Å². The van der Waals surface area contributed by atoms with E-state index in [-0.39, 0.29) is 5.82 Å². The molecule has 18 heavy (non-hydrogen) atoms. The zero-order chi connectivity index (χ0) is 12.5. The zero-order valence-corrected chi connectivity index (χ0v) is 11.3. The molecule has 1 fully saturated rings. The molecule has 0 aliphatic heterocycles. The number of furan rings is 1. The monoisotopic (exact) mass is 309 g/mol. The van der Waals surface area contributed by atoms with Crippen molar-refractivity contribution in [1.82, 2.24) is 5.32 Å². The summed E-state index contributed by atoms with van der Waals surface area (Å²) in [7, 11) is 0. The zero-order valence-electron chi connectivity index (χ0n) is 9.75. The van der Waals surface area contributed by atoms with E-state index < -0.39 is 0 Å². The molecule has 0 bridgehead atoms. The molecule has 0 radical (unpaired) electrons. The van der Waals surface area contributed by atoms with Gasteiger partial charge in [0, 0.05) is 18.2 Å². The maximum absolute atomic E-state index is 13.4. The van der Waals surface area contributed by atoms with Crippen LogP contribution in [0.3, 0.4) is 0 Å². The minimum absolute atomic E-state index is 0.247. The second kappa shape index (κ2) is 4.86. The molecule has 1 heterocycles. The Kier molecular flexibility index (Phi) is 3.22. The van der Waals surface area contributed by atoms with E-state index >= 15 is 0 Å². The summed E-state index contributed by atoms with van der Waals surface area (Å²) >= 11 is 3.42. The van der Waals surface area contributed by atoms with Gasteiger partial charge in [0.2, 0.25) is 0 Å². The lowest BCUT2D eigenvalue weighted by Crippen LogP contribution is -2.15. The highest BCUT2D eigenvalue weighted by atomic mass is 79.9. The average molecular weight is 310 g/mol. The predicted molar refractivity (Wildman–Crippen MR) is 71.7 cm³/mol. The Hall–Kier alpha value is -1.13. The Bertz CT molecular complexity index is 563. The summed E-state index contributed by atoms with van der Waals surface area (Å²) in [5.74, 6) is 0.436. The predicted octanol–water partition coefficient (Wildman–Crippen LogP) is 4.10. The number of benzene rings is 1. The third kappa shape index (κ3) is 2.49. The lowest BCUT2D eigenvalue weighted by Gasteiger charge is -2.09. The summed E-state index contributed by atoms with van der Waals surface area (Å²) in [6.45, 7) is 0.743. The van der Waals surface area contributed by atoms with Crippen LogP contribution in [0.1, 0.15) is 18.4 Å². The van der Waals surface area contributed by atoms with Crippen molar-refractivity contribution in [1.29, 1.82) is 0 Å². The fourth-order valence-corrected chi connectivity index (χ4v) is 2.36. The number of nitrogens with one attached hydrogen (secondary N) is 1. The summed E-state index contributed by atoms with van der Waals surface area (Å²) < 4.78 is 19.7. The van der Waals surface area contributed by atoms with Gasteiger partial charge in [0.1, 0.15) is 11.6 Å². The van der Waals surface area contributed by atoms with Crippen molar-refractivity contribution >= 4 is 15.9 Å². The second-order valence-corrected chi connectivity index (χ2v) is 5.41. The van der Waals surface area contributed by atoms with Crippen molar-refractivity contribution in [3.63, 3.8) is 0 Å². The van der Waals surface area contributed by atoms with Crippen LogP contribution >= 0.6 is 15.9 Å². The highest BCUT2D eigenvalue weighted by molar-refractivity contribution is 9.10. The van der Waals surface area contributed by atoms with E-state index in [0.717, 1.165) is 22.1 Å². The van der Waals surface area contributed by atoms with E-state index in [1.54, 1.807) is 6.26 Å². The van der Waals surface area contributed by atoms with Crippen LogP contribution in [0.2, 0.25) is 0 Å². The number of hydrogen-bond donors (Lipinski definition) is 1. The average Bonchev–Trinajstić information content (AvgIpc) is 3.09. The molecule has 1 aromatic carbocycles. The largest absolute Gasteiger partial charge is 0.463 e. The van der Waals surface area contributed by atoms with Crippen molar-refractivity contribution in [3.05, 3.63) is 46.4 Å². The summed E-state index contributed by atoms with van der Waals surface area (Å²) in [5.41, 5.74) is 1.86. The molecule has 0 unspecified atom stereocenters. The van der Waals surface area contributed by atoms with Crippen LogP contribution in [0, 0.1) is 5.82 Å². The van der Waals surface area contributed by atoms with E-state index in [1.165, 1.54) is 25.0 Å². The van der Waals surface area contributed by atoms with Crippen molar-refractivity contribution in [2.45, 2.75) is 25.4 Å². The van der Waals surface area contributed by atoms with Gasteiger partial charge in [-0.3, -0.25) is 0 Å².